The Morgan fingerprint density at radius 1 is 1.00 bits per heavy atom. The normalized spacial score (nSPS) is 20.8. The zero-order valence-electron chi connectivity index (χ0n) is 16.2. The van der Waals surface area contributed by atoms with Gasteiger partial charge in [0, 0.05) is 17.1 Å². The molecule has 0 saturated carbocycles. The SMILES string of the molecule is C[NH+]1CC[NH+]([C@@H](c2ccc(Cl)cc2)c2nnnn2CCc2ccccc2)CC1. The summed E-state index contributed by atoms with van der Waals surface area (Å²) in [6.45, 7) is 5.29. The van der Waals surface area contributed by atoms with Crippen molar-refractivity contribution in [3.05, 3.63) is 76.6 Å². The van der Waals surface area contributed by atoms with Crippen molar-refractivity contribution in [3.8, 4) is 0 Å². The van der Waals surface area contributed by atoms with Gasteiger partial charge in [-0.1, -0.05) is 54.1 Å². The molecule has 0 bridgehead atoms. The molecule has 6 nitrogen and oxygen atoms in total. The molecule has 0 amide bonds. The first-order valence-corrected chi connectivity index (χ1v) is 10.3. The van der Waals surface area contributed by atoms with Gasteiger partial charge in [-0.15, -0.1) is 5.10 Å². The minimum atomic E-state index is 0.121. The Morgan fingerprint density at radius 3 is 2.43 bits per heavy atom. The molecule has 1 aromatic heterocycles. The van der Waals surface area contributed by atoms with Gasteiger partial charge in [-0.3, -0.25) is 0 Å². The minimum absolute atomic E-state index is 0.121. The van der Waals surface area contributed by atoms with Crippen LogP contribution in [0.1, 0.15) is 23.0 Å². The summed E-state index contributed by atoms with van der Waals surface area (Å²) in [4.78, 5) is 3.10. The van der Waals surface area contributed by atoms with Gasteiger partial charge in [0.1, 0.15) is 26.2 Å². The maximum atomic E-state index is 6.14. The number of halogens is 1. The molecule has 1 atom stereocenters. The van der Waals surface area contributed by atoms with Crippen LogP contribution in [0.2, 0.25) is 5.02 Å². The van der Waals surface area contributed by atoms with E-state index < -0.39 is 0 Å². The molecular weight excluding hydrogens is 372 g/mol. The number of tetrazole rings is 1. The first-order chi connectivity index (χ1) is 13.7. The van der Waals surface area contributed by atoms with Gasteiger partial charge in [-0.25, -0.2) is 4.68 Å². The van der Waals surface area contributed by atoms with E-state index in [9.17, 15) is 0 Å². The van der Waals surface area contributed by atoms with Gasteiger partial charge in [0.2, 0.25) is 5.82 Å². The molecule has 1 saturated heterocycles. The molecule has 0 spiro atoms. The highest BCUT2D eigenvalue weighted by atomic mass is 35.5. The van der Waals surface area contributed by atoms with Crippen LogP contribution in [0.4, 0.5) is 0 Å². The van der Waals surface area contributed by atoms with Crippen molar-refractivity contribution in [2.24, 2.45) is 0 Å². The molecule has 0 aliphatic carbocycles. The highest BCUT2D eigenvalue weighted by Crippen LogP contribution is 2.20. The summed E-state index contributed by atoms with van der Waals surface area (Å²) in [6.07, 6.45) is 0.911. The highest BCUT2D eigenvalue weighted by Gasteiger charge is 2.34. The summed E-state index contributed by atoms with van der Waals surface area (Å²) in [7, 11) is 2.26. The Hall–Kier alpha value is -2.28. The van der Waals surface area contributed by atoms with Crippen molar-refractivity contribution in [1.29, 1.82) is 0 Å². The topological polar surface area (TPSA) is 52.5 Å². The largest absolute Gasteiger partial charge is 0.328 e. The number of nitrogens with one attached hydrogen (secondary N) is 2. The fourth-order valence-corrected chi connectivity index (χ4v) is 4.09. The smallest absolute Gasteiger partial charge is 0.214 e. The maximum Gasteiger partial charge on any atom is 0.214 e. The lowest BCUT2D eigenvalue weighted by molar-refractivity contribution is -1.02. The molecule has 1 fully saturated rings. The average molecular weight is 399 g/mol. The quantitative estimate of drug-likeness (QED) is 0.618. The molecule has 0 unspecified atom stereocenters. The molecule has 1 aliphatic heterocycles. The number of aromatic nitrogens is 4. The number of piperazine rings is 1. The lowest BCUT2D eigenvalue weighted by Crippen LogP contribution is -3.27. The third kappa shape index (κ3) is 4.41. The summed E-state index contributed by atoms with van der Waals surface area (Å²) in [5, 5.41) is 13.6. The zero-order valence-corrected chi connectivity index (χ0v) is 16.9. The second-order valence-corrected chi connectivity index (χ2v) is 8.03. The number of aryl methyl sites for hydroxylation is 2. The first-order valence-electron chi connectivity index (χ1n) is 9.92. The average Bonchev–Trinajstić information content (AvgIpc) is 3.18. The molecule has 2 heterocycles. The van der Waals surface area contributed by atoms with E-state index in [0.717, 1.165) is 50.0 Å². The van der Waals surface area contributed by atoms with E-state index in [1.807, 2.05) is 22.9 Å². The van der Waals surface area contributed by atoms with Crippen molar-refractivity contribution >= 4 is 11.6 Å². The van der Waals surface area contributed by atoms with E-state index in [1.54, 1.807) is 4.90 Å². The number of rotatable bonds is 6. The van der Waals surface area contributed by atoms with Gasteiger partial charge in [0.05, 0.1) is 7.05 Å². The third-order valence-electron chi connectivity index (χ3n) is 5.63. The van der Waals surface area contributed by atoms with Crippen LogP contribution in [-0.4, -0.2) is 53.4 Å². The summed E-state index contributed by atoms with van der Waals surface area (Å²) in [5.74, 6) is 0.938. The van der Waals surface area contributed by atoms with Crippen molar-refractivity contribution in [2.45, 2.75) is 19.0 Å². The minimum Gasteiger partial charge on any atom is -0.328 e. The van der Waals surface area contributed by atoms with Gasteiger partial charge < -0.3 is 9.80 Å². The molecule has 4 rings (SSSR count). The van der Waals surface area contributed by atoms with Crippen LogP contribution in [-0.2, 0) is 13.0 Å². The second-order valence-electron chi connectivity index (χ2n) is 7.60. The Balaban J connectivity index is 1.61. The Labute approximate surface area is 170 Å². The van der Waals surface area contributed by atoms with Gasteiger partial charge in [0.25, 0.3) is 0 Å². The van der Waals surface area contributed by atoms with Crippen molar-refractivity contribution in [2.75, 3.05) is 33.2 Å². The van der Waals surface area contributed by atoms with Gasteiger partial charge >= 0.3 is 0 Å². The lowest BCUT2D eigenvalue weighted by Gasteiger charge is -2.32. The van der Waals surface area contributed by atoms with Crippen LogP contribution < -0.4 is 9.80 Å². The molecule has 146 valence electrons. The standard InChI is InChI=1S/C21H25ClN6/c1-26-13-15-27(16-14-26)20(18-7-9-19(22)10-8-18)21-23-24-25-28(21)12-11-17-5-3-2-4-6-17/h2-10,20H,11-16H2,1H3/p+2/t20-/m0/s1. The van der Waals surface area contributed by atoms with Crippen molar-refractivity contribution < 1.29 is 9.80 Å². The zero-order chi connectivity index (χ0) is 19.3. The lowest BCUT2D eigenvalue weighted by atomic mass is 10.0. The van der Waals surface area contributed by atoms with Crippen LogP contribution in [0.3, 0.4) is 0 Å². The molecule has 0 radical (unpaired) electrons. The van der Waals surface area contributed by atoms with Gasteiger partial charge in [0.15, 0.2) is 6.04 Å². The predicted molar refractivity (Wildman–Crippen MR) is 109 cm³/mol. The number of quaternary nitrogens is 2. The Kier molecular flexibility index (Phi) is 6.00. The van der Waals surface area contributed by atoms with Gasteiger partial charge in [-0.2, -0.15) is 0 Å². The molecule has 2 N–H and O–H groups in total. The molecule has 3 aromatic rings. The summed E-state index contributed by atoms with van der Waals surface area (Å²) in [5.41, 5.74) is 2.51. The summed E-state index contributed by atoms with van der Waals surface area (Å²) in [6, 6.07) is 18.8. The number of nitrogens with zero attached hydrogens (tertiary/aromatic N) is 4. The van der Waals surface area contributed by atoms with Crippen LogP contribution in [0, 0.1) is 0 Å². The van der Waals surface area contributed by atoms with Crippen LogP contribution in [0.15, 0.2) is 54.6 Å². The number of benzene rings is 2. The van der Waals surface area contributed by atoms with E-state index >= 15 is 0 Å². The first kappa shape index (κ1) is 19.1. The van der Waals surface area contributed by atoms with Crippen LogP contribution in [0.25, 0.3) is 0 Å². The fourth-order valence-electron chi connectivity index (χ4n) is 3.97. The monoisotopic (exact) mass is 398 g/mol. The van der Waals surface area contributed by atoms with E-state index in [-0.39, 0.29) is 6.04 Å². The molecular formula is C21H27ClN6+2. The van der Waals surface area contributed by atoms with Crippen molar-refractivity contribution in [3.63, 3.8) is 0 Å². The fraction of sp³-hybridized carbons (Fsp3) is 0.381. The number of likely N-dealkylation sites (N-methyl/N-ethyl adjacent to an activating group) is 1. The van der Waals surface area contributed by atoms with Crippen molar-refractivity contribution in [1.82, 2.24) is 20.2 Å². The Bertz CT molecular complexity index is 871. The van der Waals surface area contributed by atoms with E-state index in [2.05, 4.69) is 59.0 Å². The number of hydrogen-bond donors (Lipinski definition) is 2. The van der Waals surface area contributed by atoms with E-state index in [1.165, 1.54) is 16.0 Å². The predicted octanol–water partition coefficient (Wildman–Crippen LogP) is 0.0718. The van der Waals surface area contributed by atoms with Crippen LogP contribution >= 0.6 is 11.6 Å². The molecule has 7 heteroatoms. The summed E-state index contributed by atoms with van der Waals surface area (Å²) >= 11 is 6.14. The molecule has 2 aromatic carbocycles. The summed E-state index contributed by atoms with van der Waals surface area (Å²) < 4.78 is 1.98. The number of hydrogen-bond acceptors (Lipinski definition) is 3. The second kappa shape index (κ2) is 8.82. The Morgan fingerprint density at radius 2 is 1.71 bits per heavy atom. The van der Waals surface area contributed by atoms with Gasteiger partial charge in [-0.05, 0) is 34.5 Å². The van der Waals surface area contributed by atoms with Crippen LogP contribution in [0.5, 0.6) is 0 Å². The third-order valence-corrected chi connectivity index (χ3v) is 5.88. The molecule has 1 aliphatic rings. The highest BCUT2D eigenvalue weighted by molar-refractivity contribution is 6.30. The van der Waals surface area contributed by atoms with E-state index in [4.69, 9.17) is 11.6 Å². The van der Waals surface area contributed by atoms with E-state index in [0.29, 0.717) is 0 Å². The maximum absolute atomic E-state index is 6.14. The molecule has 28 heavy (non-hydrogen) atoms.